The summed E-state index contributed by atoms with van der Waals surface area (Å²) < 4.78 is 135. The van der Waals surface area contributed by atoms with Gasteiger partial charge in [-0.2, -0.15) is 39.5 Å². The summed E-state index contributed by atoms with van der Waals surface area (Å²) in [7, 11) is -7.52. The first-order chi connectivity index (χ1) is 20.4. The third-order valence-corrected chi connectivity index (χ3v) is 9.40. The lowest BCUT2D eigenvalue weighted by atomic mass is 10.0. The van der Waals surface area contributed by atoms with E-state index in [1.807, 2.05) is 0 Å². The second-order valence-electron chi connectivity index (χ2n) is 9.26. The number of rotatable bonds is 6. The minimum absolute atomic E-state index is 0.104. The van der Waals surface area contributed by atoms with E-state index >= 15 is 0 Å². The number of hydrogen-bond acceptors (Lipinski definition) is 3. The van der Waals surface area contributed by atoms with Crippen molar-refractivity contribution in [1.29, 1.82) is 0 Å². The minimum atomic E-state index is -7.43. The Hall–Kier alpha value is -3.75. The van der Waals surface area contributed by atoms with Crippen LogP contribution >= 0.6 is 0 Å². The van der Waals surface area contributed by atoms with E-state index in [-0.39, 0.29) is 10.9 Å². The van der Waals surface area contributed by atoms with E-state index in [0.717, 1.165) is 0 Å². The van der Waals surface area contributed by atoms with E-state index in [4.69, 9.17) is 0 Å². The lowest BCUT2D eigenvalue weighted by Gasteiger charge is -2.34. The van der Waals surface area contributed by atoms with Crippen LogP contribution in [-0.2, 0) is 21.0 Å². The molecule has 0 aromatic heterocycles. The van der Waals surface area contributed by atoms with E-state index in [0.29, 0.717) is 0 Å². The van der Waals surface area contributed by atoms with Crippen LogP contribution in [-0.4, -0.2) is 36.2 Å². The molecule has 0 heterocycles. The maximum Gasteiger partial charge on any atom is 0.460 e. The summed E-state index contributed by atoms with van der Waals surface area (Å²) in [5.41, 5.74) is 0. The summed E-state index contributed by atoms with van der Waals surface area (Å²) in [4.78, 5) is 4.06. The van der Waals surface area contributed by atoms with Crippen LogP contribution in [0.5, 0.6) is 0 Å². The van der Waals surface area contributed by atoms with Crippen LogP contribution in [0.25, 0.3) is 21.5 Å². The first-order valence-electron chi connectivity index (χ1n) is 12.3. The fraction of sp³-hybridized carbons (Fsp3) is 0.133. The summed E-state index contributed by atoms with van der Waals surface area (Å²) >= 11 is 0. The van der Waals surface area contributed by atoms with Gasteiger partial charge >= 0.3 is 23.3 Å². The third-order valence-electron chi connectivity index (χ3n) is 6.30. The van der Waals surface area contributed by atoms with Gasteiger partial charge in [0.25, 0.3) is 0 Å². The molecule has 3 nitrogen and oxygen atoms in total. The van der Waals surface area contributed by atoms with Crippen LogP contribution in [0.1, 0.15) is 0 Å². The average molecular weight is 663 g/mol. The Balaban J connectivity index is 0.000000227. The number of benzene rings is 5. The zero-order valence-corrected chi connectivity index (χ0v) is 23.5. The Morgan fingerprint density at radius 3 is 1.32 bits per heavy atom. The van der Waals surface area contributed by atoms with Crippen molar-refractivity contribution < 1.29 is 52.5 Å². The molecule has 5 aromatic rings. The largest absolute Gasteiger partial charge is 0.743 e. The Bertz CT molecular complexity index is 1820. The van der Waals surface area contributed by atoms with Crippen molar-refractivity contribution in [3.63, 3.8) is 0 Å². The molecule has 14 heteroatoms. The van der Waals surface area contributed by atoms with Crippen LogP contribution in [0, 0.1) is 0 Å². The number of hydrogen-bond donors (Lipinski definition) is 0. The minimum Gasteiger partial charge on any atom is -0.743 e. The summed E-state index contributed by atoms with van der Waals surface area (Å²) in [6.07, 6.45) is -7.16. The molecule has 0 aliphatic carbocycles. The van der Waals surface area contributed by atoms with Gasteiger partial charge in [0, 0.05) is 6.07 Å². The standard InChI is InChI=1S/C26H19S.C4HF9O3S/c1-3-11-24(12-4-1)27(25-13-5-2-6-14-25)26-16-15-22-17-20-9-7-8-10-21(20)18-23(22)19-26;5-1(6,3(9,10)11)2(7,8)4(12,13)17(14,15)16/h1-19H;(H,14,15,16)/q+1;/p-1. The highest BCUT2D eigenvalue weighted by molar-refractivity contribution is 7.97. The number of fused-ring (bicyclic) bond motifs is 2. The molecule has 0 saturated heterocycles. The van der Waals surface area contributed by atoms with Crippen molar-refractivity contribution in [2.24, 2.45) is 0 Å². The normalized spacial score (nSPS) is 13.2. The molecular formula is C30H19F9O3S2. The summed E-state index contributed by atoms with van der Waals surface area (Å²) in [5, 5.41) is -1.93. The van der Waals surface area contributed by atoms with E-state index in [9.17, 15) is 52.5 Å². The molecule has 0 fully saturated rings. The molecule has 0 aliphatic heterocycles. The monoisotopic (exact) mass is 662 g/mol. The Labute approximate surface area is 248 Å². The molecule has 5 aromatic carbocycles. The molecule has 0 saturated carbocycles. The van der Waals surface area contributed by atoms with Crippen LogP contribution in [0.4, 0.5) is 39.5 Å². The molecule has 0 atom stereocenters. The molecule has 0 amide bonds. The predicted molar refractivity (Wildman–Crippen MR) is 147 cm³/mol. The van der Waals surface area contributed by atoms with Crippen molar-refractivity contribution in [3.05, 3.63) is 115 Å². The maximum absolute atomic E-state index is 12.2. The van der Waals surface area contributed by atoms with Crippen molar-refractivity contribution in [3.8, 4) is 0 Å². The quantitative estimate of drug-likeness (QED) is 0.0789. The fourth-order valence-electron chi connectivity index (χ4n) is 4.08. The van der Waals surface area contributed by atoms with E-state index < -0.39 is 33.4 Å². The molecule has 0 aliphatic rings. The molecule has 0 bridgehead atoms. The van der Waals surface area contributed by atoms with Gasteiger partial charge in [-0.15, -0.1) is 0 Å². The van der Waals surface area contributed by atoms with Crippen molar-refractivity contribution >= 4 is 42.6 Å². The molecular weight excluding hydrogens is 643 g/mol. The average Bonchev–Trinajstić information content (AvgIpc) is 2.96. The Morgan fingerprint density at radius 1 is 0.477 bits per heavy atom. The summed E-state index contributed by atoms with van der Waals surface area (Å²) in [6, 6.07) is 41.8. The van der Waals surface area contributed by atoms with E-state index in [2.05, 4.69) is 115 Å². The topological polar surface area (TPSA) is 57.2 Å². The first kappa shape index (κ1) is 33.1. The zero-order chi connectivity index (χ0) is 32.6. The van der Waals surface area contributed by atoms with Crippen LogP contribution in [0.2, 0.25) is 0 Å². The van der Waals surface area contributed by atoms with Crippen LogP contribution in [0.15, 0.2) is 130 Å². The summed E-state index contributed by atoms with van der Waals surface area (Å²) in [6.45, 7) is 0. The van der Waals surface area contributed by atoms with Crippen molar-refractivity contribution in [2.45, 2.75) is 38.0 Å². The lowest BCUT2D eigenvalue weighted by molar-refractivity contribution is -0.382. The molecule has 5 rings (SSSR count). The molecule has 0 radical (unpaired) electrons. The fourth-order valence-corrected chi connectivity index (χ4v) is 6.65. The SMILES string of the molecule is O=S(=O)([O-])C(F)(F)C(F)(F)C(F)(F)C(F)(F)F.c1ccc([S+](c2ccccc2)c2ccc3cc4ccccc4cc3c2)cc1. The molecule has 0 unspecified atom stereocenters. The highest BCUT2D eigenvalue weighted by Gasteiger charge is 2.83. The highest BCUT2D eigenvalue weighted by atomic mass is 32.2. The van der Waals surface area contributed by atoms with Crippen molar-refractivity contribution in [2.75, 3.05) is 0 Å². The smallest absolute Gasteiger partial charge is 0.460 e. The maximum atomic E-state index is 12.2. The van der Waals surface area contributed by atoms with Crippen LogP contribution < -0.4 is 0 Å². The highest BCUT2D eigenvalue weighted by Crippen LogP contribution is 2.54. The molecule has 44 heavy (non-hydrogen) atoms. The molecule has 0 spiro atoms. The first-order valence-corrected chi connectivity index (χ1v) is 14.9. The second-order valence-corrected chi connectivity index (χ2v) is 12.7. The van der Waals surface area contributed by atoms with Crippen LogP contribution in [0.3, 0.4) is 0 Å². The van der Waals surface area contributed by atoms with Gasteiger partial charge in [0.15, 0.2) is 24.8 Å². The van der Waals surface area contributed by atoms with Gasteiger partial charge < -0.3 is 4.55 Å². The van der Waals surface area contributed by atoms with Gasteiger partial charge in [-0.25, -0.2) is 8.42 Å². The Kier molecular flexibility index (Phi) is 9.02. The molecule has 0 N–H and O–H groups in total. The molecule has 232 valence electrons. The van der Waals surface area contributed by atoms with Gasteiger partial charge in [-0.1, -0.05) is 60.7 Å². The van der Waals surface area contributed by atoms with E-state index in [1.165, 1.54) is 36.2 Å². The summed E-state index contributed by atoms with van der Waals surface area (Å²) in [5.74, 6) is -14.8. The third kappa shape index (κ3) is 6.24. The van der Waals surface area contributed by atoms with Gasteiger partial charge in [0.1, 0.15) is 0 Å². The number of alkyl halides is 9. The second kappa shape index (κ2) is 12.0. The van der Waals surface area contributed by atoms with Crippen molar-refractivity contribution in [1.82, 2.24) is 0 Å². The zero-order valence-electron chi connectivity index (χ0n) is 21.9. The van der Waals surface area contributed by atoms with Gasteiger partial charge in [0.05, 0.1) is 10.9 Å². The van der Waals surface area contributed by atoms with Gasteiger partial charge in [-0.3, -0.25) is 0 Å². The number of halogens is 9. The lowest BCUT2D eigenvalue weighted by Crippen LogP contribution is -2.63. The van der Waals surface area contributed by atoms with Gasteiger partial charge in [-0.05, 0) is 70.1 Å². The van der Waals surface area contributed by atoms with Gasteiger partial charge in [0.2, 0.25) is 0 Å². The van der Waals surface area contributed by atoms with E-state index in [1.54, 1.807) is 0 Å². The predicted octanol–water partition coefficient (Wildman–Crippen LogP) is 9.05. The Morgan fingerprint density at radius 2 is 0.886 bits per heavy atom.